The lowest BCUT2D eigenvalue weighted by atomic mass is 10.2. The van der Waals surface area contributed by atoms with Gasteiger partial charge in [0.2, 0.25) is 5.75 Å². The maximum Gasteiger partial charge on any atom is 0.343 e. The first-order chi connectivity index (χ1) is 21.2. The number of nitro benzene ring substituents is 1. The Morgan fingerprint density at radius 2 is 1.68 bits per heavy atom. The molecule has 0 unspecified atom stereocenters. The number of halogens is 1. The van der Waals surface area contributed by atoms with E-state index in [0.717, 1.165) is 23.3 Å². The van der Waals surface area contributed by atoms with Gasteiger partial charge in [-0.05, 0) is 92.7 Å². The second-order valence-electron chi connectivity index (χ2n) is 9.55. The summed E-state index contributed by atoms with van der Waals surface area (Å²) >= 11 is 5.86. The standard InChI is InChI=1S/C32H25ClN4O7/c1-20-6-7-21(2)36(20)25-12-14-26(15-13-25)42-19-27-16-17-29(43-27)31(38)35-34-18-23-4-3-5-28(37(40)41)30(23)44-32(39)22-8-10-24(33)11-9-22/h3-18H,19H2,1-2H3,(H,35,38)/b34-18+. The van der Waals surface area contributed by atoms with Crippen LogP contribution in [0.4, 0.5) is 5.69 Å². The molecule has 1 amide bonds. The summed E-state index contributed by atoms with van der Waals surface area (Å²) < 4.78 is 18.9. The number of benzene rings is 3. The zero-order valence-corrected chi connectivity index (χ0v) is 24.3. The SMILES string of the molecule is Cc1ccc(C)n1-c1ccc(OCc2ccc(C(=O)N/N=C/c3cccc([N+](=O)[O-])c3OC(=O)c3ccc(Cl)cc3)o2)cc1. The summed E-state index contributed by atoms with van der Waals surface area (Å²) in [6, 6.07) is 24.7. The van der Waals surface area contributed by atoms with Gasteiger partial charge >= 0.3 is 17.6 Å². The van der Waals surface area contributed by atoms with E-state index in [2.05, 4.69) is 27.2 Å². The fraction of sp³-hybridized carbons (Fsp3) is 0.0938. The molecule has 3 aromatic carbocycles. The van der Waals surface area contributed by atoms with E-state index in [9.17, 15) is 19.7 Å². The molecule has 0 aliphatic carbocycles. The Morgan fingerprint density at radius 1 is 0.977 bits per heavy atom. The van der Waals surface area contributed by atoms with E-state index in [1.165, 1.54) is 48.5 Å². The minimum Gasteiger partial charge on any atom is -0.486 e. The second kappa shape index (κ2) is 13.1. The fourth-order valence-electron chi connectivity index (χ4n) is 4.35. The van der Waals surface area contributed by atoms with Crippen molar-refractivity contribution in [3.05, 3.63) is 140 Å². The van der Waals surface area contributed by atoms with Crippen LogP contribution >= 0.6 is 11.6 Å². The third kappa shape index (κ3) is 6.85. The number of carbonyl (C=O) groups excluding carboxylic acids is 2. The average molecular weight is 613 g/mol. The molecular weight excluding hydrogens is 588 g/mol. The number of aryl methyl sites for hydroxylation is 2. The summed E-state index contributed by atoms with van der Waals surface area (Å²) in [6.45, 7) is 4.17. The van der Waals surface area contributed by atoms with Crippen molar-refractivity contribution in [3.63, 3.8) is 0 Å². The van der Waals surface area contributed by atoms with Crippen LogP contribution < -0.4 is 14.9 Å². The highest BCUT2D eigenvalue weighted by Gasteiger charge is 2.22. The number of carbonyl (C=O) groups is 2. The van der Waals surface area contributed by atoms with Gasteiger partial charge in [0.25, 0.3) is 0 Å². The molecule has 2 heterocycles. The molecule has 0 radical (unpaired) electrons. The topological polar surface area (TPSA) is 138 Å². The number of nitro groups is 1. The number of para-hydroxylation sites is 1. The van der Waals surface area contributed by atoms with Gasteiger partial charge in [0.1, 0.15) is 18.1 Å². The summed E-state index contributed by atoms with van der Waals surface area (Å²) in [6.07, 6.45) is 1.13. The van der Waals surface area contributed by atoms with Gasteiger partial charge in [-0.3, -0.25) is 14.9 Å². The maximum atomic E-state index is 12.6. The van der Waals surface area contributed by atoms with Gasteiger partial charge in [-0.2, -0.15) is 5.10 Å². The zero-order chi connectivity index (χ0) is 31.2. The Hall–Kier alpha value is -5.68. The van der Waals surface area contributed by atoms with E-state index >= 15 is 0 Å². The molecule has 0 aliphatic rings. The Morgan fingerprint density at radius 3 is 2.36 bits per heavy atom. The van der Waals surface area contributed by atoms with Crippen molar-refractivity contribution >= 4 is 35.4 Å². The van der Waals surface area contributed by atoms with E-state index in [-0.39, 0.29) is 29.2 Å². The number of hydrogen-bond acceptors (Lipinski definition) is 8. The van der Waals surface area contributed by atoms with Crippen LogP contribution in [0.1, 0.15) is 43.6 Å². The van der Waals surface area contributed by atoms with Crippen LogP contribution in [0, 0.1) is 24.0 Å². The molecule has 222 valence electrons. The predicted octanol–water partition coefficient (Wildman–Crippen LogP) is 6.81. The first kappa shape index (κ1) is 29.8. The summed E-state index contributed by atoms with van der Waals surface area (Å²) in [7, 11) is 0. The van der Waals surface area contributed by atoms with E-state index in [1.54, 1.807) is 6.07 Å². The third-order valence-electron chi connectivity index (χ3n) is 6.50. The number of nitrogens with one attached hydrogen (secondary N) is 1. The van der Waals surface area contributed by atoms with Crippen LogP contribution in [0.25, 0.3) is 5.69 Å². The van der Waals surface area contributed by atoms with Crippen molar-refractivity contribution in [2.45, 2.75) is 20.5 Å². The van der Waals surface area contributed by atoms with Gasteiger partial charge in [0, 0.05) is 33.7 Å². The molecule has 12 heteroatoms. The number of aromatic nitrogens is 1. The second-order valence-corrected chi connectivity index (χ2v) is 9.98. The average Bonchev–Trinajstić information content (AvgIpc) is 3.63. The lowest BCUT2D eigenvalue weighted by molar-refractivity contribution is -0.385. The smallest absolute Gasteiger partial charge is 0.343 e. The van der Waals surface area contributed by atoms with Crippen molar-refractivity contribution in [2.24, 2.45) is 5.10 Å². The van der Waals surface area contributed by atoms with Gasteiger partial charge in [0.05, 0.1) is 16.7 Å². The molecule has 0 saturated carbocycles. The predicted molar refractivity (Wildman–Crippen MR) is 163 cm³/mol. The van der Waals surface area contributed by atoms with Crippen molar-refractivity contribution in [3.8, 4) is 17.2 Å². The molecule has 0 aliphatic heterocycles. The number of rotatable bonds is 10. The molecule has 1 N–H and O–H groups in total. The number of furan rings is 1. The minimum absolute atomic E-state index is 0.0249. The minimum atomic E-state index is -0.831. The first-order valence-electron chi connectivity index (χ1n) is 13.2. The molecule has 11 nitrogen and oxygen atoms in total. The number of nitrogens with zero attached hydrogens (tertiary/aromatic N) is 3. The zero-order valence-electron chi connectivity index (χ0n) is 23.5. The Balaban J connectivity index is 1.21. The summed E-state index contributed by atoms with van der Waals surface area (Å²) in [4.78, 5) is 36.1. The van der Waals surface area contributed by atoms with E-state index in [0.29, 0.717) is 16.5 Å². The highest BCUT2D eigenvalue weighted by atomic mass is 35.5. The molecule has 0 bridgehead atoms. The maximum absolute atomic E-state index is 12.6. The lowest BCUT2D eigenvalue weighted by Crippen LogP contribution is -2.17. The molecule has 0 saturated heterocycles. The van der Waals surface area contributed by atoms with Gasteiger partial charge in [0.15, 0.2) is 5.76 Å². The van der Waals surface area contributed by atoms with Crippen LogP contribution in [-0.2, 0) is 6.61 Å². The van der Waals surface area contributed by atoms with Crippen molar-refractivity contribution in [1.29, 1.82) is 0 Å². The van der Waals surface area contributed by atoms with Gasteiger partial charge in [-0.25, -0.2) is 10.2 Å². The van der Waals surface area contributed by atoms with Crippen molar-refractivity contribution in [2.75, 3.05) is 0 Å². The lowest BCUT2D eigenvalue weighted by Gasteiger charge is -2.10. The molecule has 2 aromatic heterocycles. The van der Waals surface area contributed by atoms with Crippen LogP contribution in [-0.4, -0.2) is 27.6 Å². The molecule has 0 spiro atoms. The molecule has 0 fully saturated rings. The number of ether oxygens (including phenoxy) is 2. The monoisotopic (exact) mass is 612 g/mol. The Labute approximate surface area is 256 Å². The number of esters is 1. The van der Waals surface area contributed by atoms with Gasteiger partial charge < -0.3 is 18.5 Å². The molecule has 5 aromatic rings. The molecule has 5 rings (SSSR count). The van der Waals surface area contributed by atoms with Crippen molar-refractivity contribution < 1.29 is 28.4 Å². The Kier molecular flexibility index (Phi) is 8.87. The van der Waals surface area contributed by atoms with Gasteiger partial charge in [-0.1, -0.05) is 17.7 Å². The first-order valence-corrected chi connectivity index (χ1v) is 13.6. The van der Waals surface area contributed by atoms with Crippen LogP contribution in [0.3, 0.4) is 0 Å². The van der Waals surface area contributed by atoms with Crippen LogP contribution in [0.5, 0.6) is 11.5 Å². The summed E-state index contributed by atoms with van der Waals surface area (Å²) in [5.41, 5.74) is 5.35. The largest absolute Gasteiger partial charge is 0.486 e. The van der Waals surface area contributed by atoms with Crippen molar-refractivity contribution in [1.82, 2.24) is 9.99 Å². The summed E-state index contributed by atoms with van der Waals surface area (Å²) in [5.74, 6) is -0.813. The molecule has 0 atom stereocenters. The number of amides is 1. The third-order valence-corrected chi connectivity index (χ3v) is 6.75. The highest BCUT2D eigenvalue weighted by molar-refractivity contribution is 6.30. The fourth-order valence-corrected chi connectivity index (χ4v) is 4.48. The van der Waals surface area contributed by atoms with E-state index in [1.807, 2.05) is 38.1 Å². The normalized spacial score (nSPS) is 11.0. The Bertz CT molecular complexity index is 1840. The van der Waals surface area contributed by atoms with Crippen LogP contribution in [0.2, 0.25) is 5.02 Å². The van der Waals surface area contributed by atoms with E-state index < -0.39 is 22.5 Å². The van der Waals surface area contributed by atoms with Gasteiger partial charge in [-0.15, -0.1) is 0 Å². The number of hydrogen-bond donors (Lipinski definition) is 1. The highest BCUT2D eigenvalue weighted by Crippen LogP contribution is 2.31. The van der Waals surface area contributed by atoms with Crippen LogP contribution in [0.15, 0.2) is 101 Å². The molecule has 44 heavy (non-hydrogen) atoms. The quantitative estimate of drug-likeness (QED) is 0.0601. The summed E-state index contributed by atoms with van der Waals surface area (Å²) in [5, 5.41) is 15.9. The molecular formula is C32H25ClN4O7. The van der Waals surface area contributed by atoms with E-state index in [4.69, 9.17) is 25.5 Å². The number of hydrazone groups is 1.